The summed E-state index contributed by atoms with van der Waals surface area (Å²) < 4.78 is 0. The second-order valence-corrected chi connectivity index (χ2v) is 11.5. The SMILES string of the molecule is CN1CCC(N2CCN(C(=O)[C@@H](CC3CCCCC3)NC(=O)c3cc4cc(Cl)ccc4[nH]3)CC2)CC1. The molecular formula is C28H40ClN5O2. The summed E-state index contributed by atoms with van der Waals surface area (Å²) in [5.74, 6) is 0.354. The van der Waals surface area contributed by atoms with E-state index in [-0.39, 0.29) is 11.8 Å². The number of amides is 2. The van der Waals surface area contributed by atoms with Gasteiger partial charge in [-0.2, -0.15) is 0 Å². The van der Waals surface area contributed by atoms with E-state index in [9.17, 15) is 9.59 Å². The van der Waals surface area contributed by atoms with Crippen molar-refractivity contribution in [2.45, 2.75) is 63.5 Å². The Hall–Kier alpha value is -2.09. The van der Waals surface area contributed by atoms with Gasteiger partial charge in [0.2, 0.25) is 5.91 Å². The number of piperidine rings is 1. The van der Waals surface area contributed by atoms with Gasteiger partial charge in [0.15, 0.2) is 0 Å². The number of aromatic nitrogens is 1. The summed E-state index contributed by atoms with van der Waals surface area (Å²) in [5.41, 5.74) is 1.34. The van der Waals surface area contributed by atoms with Gasteiger partial charge in [-0.3, -0.25) is 14.5 Å². The molecule has 0 radical (unpaired) electrons. The van der Waals surface area contributed by atoms with E-state index in [1.54, 1.807) is 0 Å². The minimum atomic E-state index is -0.481. The lowest BCUT2D eigenvalue weighted by atomic mass is 9.84. The summed E-state index contributed by atoms with van der Waals surface area (Å²) in [5, 5.41) is 4.65. The Labute approximate surface area is 219 Å². The van der Waals surface area contributed by atoms with E-state index in [1.807, 2.05) is 29.2 Å². The lowest BCUT2D eigenvalue weighted by Gasteiger charge is -2.43. The Morgan fingerprint density at radius 3 is 2.44 bits per heavy atom. The minimum Gasteiger partial charge on any atom is -0.351 e. The molecule has 0 unspecified atom stereocenters. The fraction of sp³-hybridized carbons (Fsp3) is 0.643. The van der Waals surface area contributed by atoms with Crippen LogP contribution in [-0.4, -0.2) is 89.9 Å². The van der Waals surface area contributed by atoms with Gasteiger partial charge in [0.05, 0.1) is 0 Å². The number of halogens is 1. The highest BCUT2D eigenvalue weighted by atomic mass is 35.5. The lowest BCUT2D eigenvalue weighted by molar-refractivity contribution is -0.136. The molecule has 1 aliphatic carbocycles. The van der Waals surface area contributed by atoms with Crippen molar-refractivity contribution in [2.75, 3.05) is 46.3 Å². The number of nitrogens with zero attached hydrogens (tertiary/aromatic N) is 3. The first-order chi connectivity index (χ1) is 17.5. The number of nitrogens with one attached hydrogen (secondary N) is 2. The molecule has 2 aliphatic heterocycles. The number of hydrogen-bond acceptors (Lipinski definition) is 4. The van der Waals surface area contributed by atoms with E-state index in [1.165, 1.54) is 32.1 Å². The number of aromatic amines is 1. The van der Waals surface area contributed by atoms with Crippen LogP contribution in [0, 0.1) is 5.92 Å². The van der Waals surface area contributed by atoms with Crippen molar-refractivity contribution in [3.8, 4) is 0 Å². The van der Waals surface area contributed by atoms with Crippen molar-refractivity contribution in [3.05, 3.63) is 35.0 Å². The average Bonchev–Trinajstić information content (AvgIpc) is 3.32. The molecular weight excluding hydrogens is 474 g/mol. The van der Waals surface area contributed by atoms with Crippen LogP contribution in [0.5, 0.6) is 0 Å². The van der Waals surface area contributed by atoms with Crippen molar-refractivity contribution in [1.82, 2.24) is 25.0 Å². The first-order valence-electron chi connectivity index (χ1n) is 13.8. The number of piperazine rings is 1. The molecule has 2 aromatic rings. The highest BCUT2D eigenvalue weighted by Gasteiger charge is 2.33. The Morgan fingerprint density at radius 2 is 1.72 bits per heavy atom. The standard InChI is InChI=1S/C28H40ClN5O2/c1-32-11-9-23(10-12-32)33-13-15-34(16-14-33)28(36)26(17-20-5-3-2-4-6-20)31-27(35)25-19-21-18-22(29)7-8-24(21)30-25/h7-8,18-20,23,26,30H,2-6,9-17H2,1H3,(H,31,35)/t26-/m1/s1. The molecule has 3 fully saturated rings. The third-order valence-corrected chi connectivity index (χ3v) is 8.79. The minimum absolute atomic E-state index is 0.0797. The van der Waals surface area contributed by atoms with Gasteiger partial charge < -0.3 is 20.1 Å². The van der Waals surface area contributed by atoms with E-state index >= 15 is 0 Å². The van der Waals surface area contributed by atoms with Gasteiger partial charge in [-0.25, -0.2) is 0 Å². The number of carbonyl (C=O) groups is 2. The van der Waals surface area contributed by atoms with E-state index in [0.717, 1.165) is 69.4 Å². The van der Waals surface area contributed by atoms with Gasteiger partial charge >= 0.3 is 0 Å². The zero-order valence-corrected chi connectivity index (χ0v) is 22.2. The van der Waals surface area contributed by atoms with Gasteiger partial charge in [-0.05, 0) is 69.6 Å². The quantitative estimate of drug-likeness (QED) is 0.609. The molecule has 1 aromatic heterocycles. The van der Waals surface area contributed by atoms with Gasteiger partial charge in [-0.15, -0.1) is 0 Å². The molecule has 2 saturated heterocycles. The summed E-state index contributed by atoms with van der Waals surface area (Å²) in [7, 11) is 2.19. The number of rotatable bonds is 6. The van der Waals surface area contributed by atoms with Crippen molar-refractivity contribution >= 4 is 34.3 Å². The maximum absolute atomic E-state index is 13.7. The van der Waals surface area contributed by atoms with Gasteiger partial charge in [0.1, 0.15) is 11.7 Å². The fourth-order valence-corrected chi connectivity index (χ4v) is 6.51. The maximum Gasteiger partial charge on any atom is 0.268 e. The van der Waals surface area contributed by atoms with Crippen LogP contribution >= 0.6 is 11.6 Å². The van der Waals surface area contributed by atoms with Crippen LogP contribution in [0.15, 0.2) is 24.3 Å². The summed E-state index contributed by atoms with van der Waals surface area (Å²) >= 11 is 6.12. The van der Waals surface area contributed by atoms with Gasteiger partial charge in [-0.1, -0.05) is 43.7 Å². The molecule has 0 spiro atoms. The van der Waals surface area contributed by atoms with Crippen LogP contribution in [0.4, 0.5) is 0 Å². The molecule has 2 N–H and O–H groups in total. The predicted molar refractivity (Wildman–Crippen MR) is 144 cm³/mol. The van der Waals surface area contributed by atoms with Crippen LogP contribution in [0.25, 0.3) is 10.9 Å². The number of carbonyl (C=O) groups excluding carboxylic acids is 2. The van der Waals surface area contributed by atoms with E-state index < -0.39 is 6.04 Å². The number of likely N-dealkylation sites (tertiary alicyclic amines) is 1. The van der Waals surface area contributed by atoms with Crippen LogP contribution in [0.1, 0.15) is 61.9 Å². The van der Waals surface area contributed by atoms with Crippen molar-refractivity contribution in [3.63, 3.8) is 0 Å². The van der Waals surface area contributed by atoms with Crippen molar-refractivity contribution in [2.24, 2.45) is 5.92 Å². The number of benzene rings is 1. The molecule has 0 bridgehead atoms. The molecule has 2 amide bonds. The Morgan fingerprint density at radius 1 is 1.00 bits per heavy atom. The Bertz CT molecular complexity index is 1050. The van der Waals surface area contributed by atoms with Crippen LogP contribution in [0.2, 0.25) is 5.02 Å². The third kappa shape index (κ3) is 6.06. The molecule has 5 rings (SSSR count). The zero-order chi connectivity index (χ0) is 25.1. The number of H-pyrrole nitrogens is 1. The molecule has 1 saturated carbocycles. The van der Waals surface area contributed by atoms with E-state index in [2.05, 4.69) is 27.1 Å². The van der Waals surface area contributed by atoms with Gasteiger partial charge in [0.25, 0.3) is 5.91 Å². The summed E-state index contributed by atoms with van der Waals surface area (Å²) in [6.45, 7) is 5.64. The van der Waals surface area contributed by atoms with Crippen molar-refractivity contribution < 1.29 is 9.59 Å². The van der Waals surface area contributed by atoms with E-state index in [0.29, 0.717) is 22.7 Å². The number of fused-ring (bicyclic) bond motifs is 1. The zero-order valence-electron chi connectivity index (χ0n) is 21.5. The highest BCUT2D eigenvalue weighted by molar-refractivity contribution is 6.31. The second kappa shape index (κ2) is 11.5. The Balaban J connectivity index is 1.24. The smallest absolute Gasteiger partial charge is 0.268 e. The summed E-state index contributed by atoms with van der Waals surface area (Å²) in [4.78, 5) is 37.2. The van der Waals surface area contributed by atoms with E-state index in [4.69, 9.17) is 11.6 Å². The summed E-state index contributed by atoms with van der Waals surface area (Å²) in [6, 6.07) is 7.50. The molecule has 3 heterocycles. The molecule has 8 heteroatoms. The van der Waals surface area contributed by atoms with Crippen molar-refractivity contribution in [1.29, 1.82) is 0 Å². The average molecular weight is 514 g/mol. The Kier molecular flexibility index (Phi) is 8.18. The van der Waals surface area contributed by atoms with Crippen LogP contribution in [-0.2, 0) is 4.79 Å². The molecule has 1 atom stereocenters. The fourth-order valence-electron chi connectivity index (χ4n) is 6.33. The topological polar surface area (TPSA) is 71.7 Å². The molecule has 36 heavy (non-hydrogen) atoms. The van der Waals surface area contributed by atoms with Crippen LogP contribution in [0.3, 0.4) is 0 Å². The monoisotopic (exact) mass is 513 g/mol. The maximum atomic E-state index is 13.7. The summed E-state index contributed by atoms with van der Waals surface area (Å²) in [6.07, 6.45) is 9.16. The molecule has 7 nitrogen and oxygen atoms in total. The third-order valence-electron chi connectivity index (χ3n) is 8.56. The van der Waals surface area contributed by atoms with Gasteiger partial charge in [0, 0.05) is 48.1 Å². The molecule has 1 aromatic carbocycles. The van der Waals surface area contributed by atoms with Crippen LogP contribution < -0.4 is 5.32 Å². The molecule has 3 aliphatic rings. The first kappa shape index (κ1) is 25.6. The second-order valence-electron chi connectivity index (χ2n) is 11.1. The lowest BCUT2D eigenvalue weighted by Crippen LogP contribution is -2.57. The normalized spacial score (nSPS) is 22.1. The first-order valence-corrected chi connectivity index (χ1v) is 14.1. The predicted octanol–water partition coefficient (Wildman–Crippen LogP) is 4.13. The number of hydrogen-bond donors (Lipinski definition) is 2. The highest BCUT2D eigenvalue weighted by Crippen LogP contribution is 2.28. The molecule has 196 valence electrons. The largest absolute Gasteiger partial charge is 0.351 e.